The van der Waals surface area contributed by atoms with Gasteiger partial charge in [0.25, 0.3) is 0 Å². The molecule has 2 aliphatic rings. The van der Waals surface area contributed by atoms with Gasteiger partial charge in [-0.2, -0.15) is 0 Å². The minimum absolute atomic E-state index is 0.0692. The van der Waals surface area contributed by atoms with Crippen molar-refractivity contribution in [3.63, 3.8) is 0 Å². The van der Waals surface area contributed by atoms with Crippen molar-refractivity contribution in [2.24, 2.45) is 0 Å². The summed E-state index contributed by atoms with van der Waals surface area (Å²) in [6, 6.07) is 0. The van der Waals surface area contributed by atoms with Crippen LogP contribution in [0.2, 0.25) is 0 Å². The summed E-state index contributed by atoms with van der Waals surface area (Å²) in [6.07, 6.45) is 7.12. The first-order valence-electron chi connectivity index (χ1n) is 9.58. The third kappa shape index (κ3) is 4.77. The number of hydrogen-bond donors (Lipinski definition) is 2. The Labute approximate surface area is 164 Å². The van der Waals surface area contributed by atoms with Crippen molar-refractivity contribution in [1.29, 1.82) is 0 Å². The third-order valence-electron chi connectivity index (χ3n) is 5.10. The number of fused-ring (bicyclic) bond motifs is 1. The third-order valence-corrected chi connectivity index (χ3v) is 5.10. The molecule has 0 spiro atoms. The number of ether oxygens (including phenoxy) is 2. The molecule has 1 aliphatic carbocycles. The van der Waals surface area contributed by atoms with E-state index in [1.165, 1.54) is 19.9 Å². The summed E-state index contributed by atoms with van der Waals surface area (Å²) in [7, 11) is 0. The maximum atomic E-state index is 13.1. The highest BCUT2D eigenvalue weighted by atomic mass is 16.6. The van der Waals surface area contributed by atoms with Crippen molar-refractivity contribution < 1.29 is 34.1 Å². The van der Waals surface area contributed by atoms with Crippen LogP contribution in [0.4, 0.5) is 0 Å². The lowest BCUT2D eigenvalue weighted by Crippen LogP contribution is -2.41. The molecule has 0 aromatic heterocycles. The quantitative estimate of drug-likeness (QED) is 0.254. The predicted molar refractivity (Wildman–Crippen MR) is 102 cm³/mol. The van der Waals surface area contributed by atoms with E-state index in [1.807, 2.05) is 6.08 Å². The molecule has 2 rings (SSSR count). The maximum absolute atomic E-state index is 13.1. The van der Waals surface area contributed by atoms with Crippen LogP contribution in [0.3, 0.4) is 0 Å². The Kier molecular flexibility index (Phi) is 7.32. The van der Waals surface area contributed by atoms with E-state index in [4.69, 9.17) is 14.6 Å². The van der Waals surface area contributed by atoms with Gasteiger partial charge in [-0.3, -0.25) is 9.59 Å². The lowest BCUT2D eigenvalue weighted by molar-refractivity contribution is -0.140. The van der Waals surface area contributed by atoms with Crippen LogP contribution in [0.5, 0.6) is 0 Å². The predicted octanol–water partition coefficient (Wildman–Crippen LogP) is 2.48. The average Bonchev–Trinajstić information content (AvgIpc) is 3.39. The van der Waals surface area contributed by atoms with Crippen molar-refractivity contribution in [3.8, 4) is 0 Å². The van der Waals surface area contributed by atoms with Crippen LogP contribution in [0.15, 0.2) is 34.9 Å². The molecule has 7 nitrogen and oxygen atoms in total. The van der Waals surface area contributed by atoms with Gasteiger partial charge < -0.3 is 19.7 Å². The monoisotopic (exact) mass is 392 g/mol. The highest BCUT2D eigenvalue weighted by molar-refractivity contribution is 6.08. The number of hydrogen-bond acceptors (Lipinski definition) is 6. The number of esters is 1. The molecule has 1 saturated heterocycles. The second-order valence-corrected chi connectivity index (χ2v) is 7.22. The topological polar surface area (TPSA) is 113 Å². The fourth-order valence-corrected chi connectivity index (χ4v) is 3.30. The first-order valence-corrected chi connectivity index (χ1v) is 9.58. The molecular weight excluding hydrogens is 364 g/mol. The van der Waals surface area contributed by atoms with Gasteiger partial charge >= 0.3 is 11.9 Å². The number of carboxylic acids is 1. The van der Waals surface area contributed by atoms with Gasteiger partial charge in [0.1, 0.15) is 18.8 Å². The largest absolute Gasteiger partial charge is 0.478 e. The number of aliphatic carboxylic acids is 1. The van der Waals surface area contributed by atoms with Crippen LogP contribution >= 0.6 is 0 Å². The van der Waals surface area contributed by atoms with E-state index < -0.39 is 29.7 Å². The van der Waals surface area contributed by atoms with Crippen molar-refractivity contribution in [3.05, 3.63) is 34.9 Å². The van der Waals surface area contributed by atoms with E-state index in [0.29, 0.717) is 5.57 Å². The number of rotatable bonds is 10. The number of carbonyl (C=O) groups is 3. The first-order chi connectivity index (χ1) is 13.2. The van der Waals surface area contributed by atoms with Crippen molar-refractivity contribution in [2.45, 2.75) is 70.7 Å². The fraction of sp³-hybridized carbons (Fsp3) is 0.571. The van der Waals surface area contributed by atoms with Gasteiger partial charge in [0.15, 0.2) is 11.4 Å². The molecule has 1 aliphatic heterocycles. The molecular formula is C21H28O7. The molecule has 1 heterocycles. The van der Waals surface area contributed by atoms with Gasteiger partial charge in [-0.1, -0.05) is 38.0 Å². The summed E-state index contributed by atoms with van der Waals surface area (Å²) in [5.74, 6) is -1.89. The van der Waals surface area contributed by atoms with Gasteiger partial charge in [0, 0.05) is 30.1 Å². The summed E-state index contributed by atoms with van der Waals surface area (Å²) in [4.78, 5) is 35.3. The smallest absolute Gasteiger partial charge is 0.330 e. The number of epoxide rings is 1. The molecule has 0 saturated carbocycles. The zero-order chi connectivity index (χ0) is 20.9. The van der Waals surface area contributed by atoms with Crippen LogP contribution in [-0.4, -0.2) is 52.4 Å². The summed E-state index contributed by atoms with van der Waals surface area (Å²) in [5, 5.41) is 19.7. The van der Waals surface area contributed by atoms with Gasteiger partial charge in [-0.15, -0.1) is 0 Å². The summed E-state index contributed by atoms with van der Waals surface area (Å²) >= 11 is 0. The number of aliphatic hydroxyl groups excluding tert-OH is 1. The molecule has 0 aromatic rings. The number of carbonyl (C=O) groups excluding carboxylic acids is 2. The summed E-state index contributed by atoms with van der Waals surface area (Å²) in [6.45, 7) is 4.62. The van der Waals surface area contributed by atoms with E-state index in [9.17, 15) is 19.5 Å². The van der Waals surface area contributed by atoms with Crippen LogP contribution in [0, 0.1) is 0 Å². The first kappa shape index (κ1) is 22.0. The zero-order valence-corrected chi connectivity index (χ0v) is 16.6. The zero-order valence-electron chi connectivity index (χ0n) is 16.6. The molecule has 3 unspecified atom stereocenters. The summed E-state index contributed by atoms with van der Waals surface area (Å²) < 4.78 is 10.6. The second-order valence-electron chi connectivity index (χ2n) is 7.22. The Morgan fingerprint density at radius 1 is 1.29 bits per heavy atom. The number of unbranched alkanes of at least 4 members (excludes halogenated alkanes) is 3. The van der Waals surface area contributed by atoms with Crippen molar-refractivity contribution in [1.82, 2.24) is 0 Å². The standard InChI is InChI=1S/C21H28O7/c1-4-5-6-7-8-9-15-16(12-27-14(3)22)17(23)19-21(28-19,18(15)24)11-10-13(2)20(25)26/h8-10,17,19,23H,4-7,11-12H2,1-3H3,(H,25,26). The maximum Gasteiger partial charge on any atom is 0.330 e. The fourth-order valence-electron chi connectivity index (χ4n) is 3.30. The number of allylic oxidation sites excluding steroid dienone is 2. The molecule has 0 aromatic carbocycles. The van der Waals surface area contributed by atoms with E-state index >= 15 is 0 Å². The molecule has 7 heteroatoms. The molecule has 0 bridgehead atoms. The lowest BCUT2D eigenvalue weighted by Gasteiger charge is -2.24. The average molecular weight is 392 g/mol. The molecule has 154 valence electrons. The van der Waals surface area contributed by atoms with Gasteiger partial charge in [-0.05, 0) is 19.8 Å². The number of Topliss-reactive ketones (excluding diaryl/α,β-unsaturated/α-hetero) is 1. The van der Waals surface area contributed by atoms with E-state index in [1.54, 1.807) is 6.08 Å². The molecule has 3 atom stereocenters. The highest BCUT2D eigenvalue weighted by Gasteiger charge is 2.68. The minimum atomic E-state index is -1.25. The Morgan fingerprint density at radius 3 is 2.61 bits per heavy atom. The SMILES string of the molecule is CCCCCC=CC1=C(COC(C)=O)C(O)C2OC2(CC=C(C)C(=O)O)C1=O. The van der Waals surface area contributed by atoms with Crippen molar-refractivity contribution >= 4 is 17.7 Å². The van der Waals surface area contributed by atoms with E-state index in [-0.39, 0.29) is 30.0 Å². The van der Waals surface area contributed by atoms with E-state index in [0.717, 1.165) is 25.7 Å². The van der Waals surface area contributed by atoms with Crippen LogP contribution in [0.1, 0.15) is 52.9 Å². The number of carboxylic acid groups (broad SMARTS) is 1. The van der Waals surface area contributed by atoms with Crippen LogP contribution < -0.4 is 0 Å². The molecule has 0 amide bonds. The molecule has 28 heavy (non-hydrogen) atoms. The summed E-state index contributed by atoms with van der Waals surface area (Å²) in [5.41, 5.74) is -0.541. The Bertz CT molecular complexity index is 731. The van der Waals surface area contributed by atoms with Gasteiger partial charge in [0.05, 0.1) is 0 Å². The normalized spacial score (nSPS) is 27.1. The Morgan fingerprint density at radius 2 is 2.00 bits per heavy atom. The minimum Gasteiger partial charge on any atom is -0.478 e. The second kappa shape index (κ2) is 9.30. The highest BCUT2D eigenvalue weighted by Crippen LogP contribution is 2.50. The molecule has 1 fully saturated rings. The number of ketones is 1. The van der Waals surface area contributed by atoms with Crippen LogP contribution in [-0.2, 0) is 23.9 Å². The lowest BCUT2D eigenvalue weighted by atomic mass is 9.78. The Hall–Kier alpha value is -2.25. The van der Waals surface area contributed by atoms with E-state index in [2.05, 4.69) is 6.92 Å². The Balaban J connectivity index is 2.28. The molecule has 0 radical (unpaired) electrons. The van der Waals surface area contributed by atoms with Gasteiger partial charge in [0.2, 0.25) is 0 Å². The number of aliphatic hydroxyl groups is 1. The van der Waals surface area contributed by atoms with Crippen LogP contribution in [0.25, 0.3) is 0 Å². The van der Waals surface area contributed by atoms with Gasteiger partial charge in [-0.25, -0.2) is 4.79 Å². The molecule has 2 N–H and O–H groups in total. The van der Waals surface area contributed by atoms with Crippen molar-refractivity contribution in [2.75, 3.05) is 6.61 Å².